The van der Waals surface area contributed by atoms with E-state index in [0.717, 1.165) is 19.3 Å². The lowest BCUT2D eigenvalue weighted by molar-refractivity contribution is -0.137. The SMILES string of the molecule is CCC1CCC(C)N1C(=O)NC(=O)CCCC(=O)O. The van der Waals surface area contributed by atoms with Crippen molar-refractivity contribution < 1.29 is 19.5 Å². The summed E-state index contributed by atoms with van der Waals surface area (Å²) in [5.74, 6) is -1.33. The molecule has 6 heteroatoms. The predicted octanol–water partition coefficient (Wildman–Crippen LogP) is 1.74. The number of carboxylic acids is 1. The molecular weight excluding hydrogens is 248 g/mol. The van der Waals surface area contributed by atoms with E-state index in [2.05, 4.69) is 5.32 Å². The number of rotatable bonds is 5. The summed E-state index contributed by atoms with van der Waals surface area (Å²) in [5.41, 5.74) is 0. The number of urea groups is 1. The fourth-order valence-corrected chi connectivity index (χ4v) is 2.48. The van der Waals surface area contributed by atoms with Crippen molar-refractivity contribution in [3.8, 4) is 0 Å². The van der Waals surface area contributed by atoms with Gasteiger partial charge in [0, 0.05) is 24.9 Å². The number of nitrogens with zero attached hydrogens (tertiary/aromatic N) is 1. The van der Waals surface area contributed by atoms with Crippen molar-refractivity contribution in [1.82, 2.24) is 10.2 Å². The minimum Gasteiger partial charge on any atom is -0.481 e. The molecule has 0 saturated carbocycles. The number of imide groups is 1. The number of aliphatic carboxylic acids is 1. The number of hydrogen-bond donors (Lipinski definition) is 2. The molecule has 1 fully saturated rings. The Morgan fingerprint density at radius 2 is 1.95 bits per heavy atom. The molecular formula is C13H22N2O4. The Morgan fingerprint density at radius 3 is 2.53 bits per heavy atom. The zero-order chi connectivity index (χ0) is 14.4. The van der Waals surface area contributed by atoms with Gasteiger partial charge in [-0.2, -0.15) is 0 Å². The topological polar surface area (TPSA) is 86.7 Å². The standard InChI is InChI=1S/C13H22N2O4/c1-3-10-8-7-9(2)15(10)13(19)14-11(16)5-4-6-12(17)18/h9-10H,3-8H2,1-2H3,(H,17,18)(H,14,16,19). The van der Waals surface area contributed by atoms with E-state index in [1.54, 1.807) is 4.90 Å². The highest BCUT2D eigenvalue weighted by molar-refractivity contribution is 5.94. The van der Waals surface area contributed by atoms with Crippen molar-refractivity contribution >= 4 is 17.9 Å². The van der Waals surface area contributed by atoms with Crippen LogP contribution in [0.2, 0.25) is 0 Å². The first-order valence-electron chi connectivity index (χ1n) is 6.79. The van der Waals surface area contributed by atoms with E-state index >= 15 is 0 Å². The van der Waals surface area contributed by atoms with Gasteiger partial charge in [-0.25, -0.2) is 4.79 Å². The number of nitrogens with one attached hydrogen (secondary N) is 1. The Balaban J connectivity index is 2.41. The lowest BCUT2D eigenvalue weighted by Gasteiger charge is -2.27. The van der Waals surface area contributed by atoms with Gasteiger partial charge in [0.1, 0.15) is 0 Å². The Kier molecular flexibility index (Phi) is 5.79. The Labute approximate surface area is 113 Å². The van der Waals surface area contributed by atoms with Crippen molar-refractivity contribution in [2.75, 3.05) is 0 Å². The van der Waals surface area contributed by atoms with Crippen molar-refractivity contribution in [1.29, 1.82) is 0 Å². The Bertz CT molecular complexity index is 357. The monoisotopic (exact) mass is 270 g/mol. The van der Waals surface area contributed by atoms with E-state index in [1.165, 1.54) is 0 Å². The Morgan fingerprint density at radius 1 is 1.26 bits per heavy atom. The maximum absolute atomic E-state index is 12.0. The fourth-order valence-electron chi connectivity index (χ4n) is 2.48. The van der Waals surface area contributed by atoms with Gasteiger partial charge in [-0.3, -0.25) is 14.9 Å². The second-order valence-corrected chi connectivity index (χ2v) is 5.00. The molecule has 0 aromatic rings. The van der Waals surface area contributed by atoms with E-state index in [9.17, 15) is 14.4 Å². The molecule has 1 heterocycles. The van der Waals surface area contributed by atoms with Gasteiger partial charge in [0.25, 0.3) is 0 Å². The zero-order valence-corrected chi connectivity index (χ0v) is 11.5. The molecule has 0 bridgehead atoms. The Hall–Kier alpha value is -1.59. The number of hydrogen-bond acceptors (Lipinski definition) is 3. The first-order chi connectivity index (χ1) is 8.95. The number of carbonyl (C=O) groups is 3. The summed E-state index contributed by atoms with van der Waals surface area (Å²) in [6.45, 7) is 4.00. The molecule has 19 heavy (non-hydrogen) atoms. The highest BCUT2D eigenvalue weighted by Gasteiger charge is 2.33. The van der Waals surface area contributed by atoms with Crippen LogP contribution in [-0.4, -0.2) is 40.0 Å². The maximum atomic E-state index is 12.0. The molecule has 2 atom stereocenters. The van der Waals surface area contributed by atoms with E-state index in [-0.39, 0.29) is 37.4 Å². The molecule has 1 aliphatic rings. The lowest BCUT2D eigenvalue weighted by atomic mass is 10.2. The zero-order valence-electron chi connectivity index (χ0n) is 11.5. The van der Waals surface area contributed by atoms with Crippen molar-refractivity contribution in [3.63, 3.8) is 0 Å². The molecule has 108 valence electrons. The van der Waals surface area contributed by atoms with Crippen LogP contribution in [0.1, 0.15) is 52.4 Å². The van der Waals surface area contributed by atoms with Crippen LogP contribution in [0.3, 0.4) is 0 Å². The summed E-state index contributed by atoms with van der Waals surface area (Å²) in [7, 11) is 0. The average Bonchev–Trinajstić information content (AvgIpc) is 2.69. The van der Waals surface area contributed by atoms with Crippen LogP contribution in [-0.2, 0) is 9.59 Å². The first-order valence-corrected chi connectivity index (χ1v) is 6.79. The fraction of sp³-hybridized carbons (Fsp3) is 0.769. The normalized spacial score (nSPS) is 22.3. The molecule has 3 amide bonds. The summed E-state index contributed by atoms with van der Waals surface area (Å²) in [5, 5.41) is 10.8. The van der Waals surface area contributed by atoms with E-state index in [1.807, 2.05) is 13.8 Å². The summed E-state index contributed by atoms with van der Waals surface area (Å²) in [6.07, 6.45) is 3.07. The van der Waals surface area contributed by atoms with Crippen LogP contribution in [0.25, 0.3) is 0 Å². The molecule has 1 aliphatic heterocycles. The maximum Gasteiger partial charge on any atom is 0.324 e. The number of amides is 3. The van der Waals surface area contributed by atoms with Crippen molar-refractivity contribution in [3.05, 3.63) is 0 Å². The van der Waals surface area contributed by atoms with E-state index < -0.39 is 11.9 Å². The highest BCUT2D eigenvalue weighted by atomic mass is 16.4. The van der Waals surface area contributed by atoms with Crippen LogP contribution in [0, 0.1) is 0 Å². The second kappa shape index (κ2) is 7.11. The third-order valence-corrected chi connectivity index (χ3v) is 3.53. The van der Waals surface area contributed by atoms with Crippen LogP contribution in [0.5, 0.6) is 0 Å². The van der Waals surface area contributed by atoms with Gasteiger partial charge in [0.05, 0.1) is 0 Å². The summed E-state index contributed by atoms with van der Waals surface area (Å²) in [6, 6.07) is -0.00392. The summed E-state index contributed by atoms with van der Waals surface area (Å²) in [4.78, 5) is 35.6. The third-order valence-electron chi connectivity index (χ3n) is 3.53. The van der Waals surface area contributed by atoms with Crippen LogP contribution < -0.4 is 5.32 Å². The predicted molar refractivity (Wildman–Crippen MR) is 69.6 cm³/mol. The minimum atomic E-state index is -0.932. The largest absolute Gasteiger partial charge is 0.481 e. The second-order valence-electron chi connectivity index (χ2n) is 5.00. The van der Waals surface area contributed by atoms with Gasteiger partial charge in [-0.05, 0) is 32.6 Å². The van der Waals surface area contributed by atoms with Crippen LogP contribution in [0.4, 0.5) is 4.79 Å². The molecule has 0 radical (unpaired) electrons. The van der Waals surface area contributed by atoms with Gasteiger partial charge >= 0.3 is 12.0 Å². The smallest absolute Gasteiger partial charge is 0.324 e. The number of carboxylic acid groups (broad SMARTS) is 1. The molecule has 0 aromatic carbocycles. The van der Waals surface area contributed by atoms with Gasteiger partial charge in [-0.1, -0.05) is 6.92 Å². The quantitative estimate of drug-likeness (QED) is 0.796. The first kappa shape index (κ1) is 15.5. The van der Waals surface area contributed by atoms with Gasteiger partial charge in [0.15, 0.2) is 0 Å². The van der Waals surface area contributed by atoms with Crippen LogP contribution >= 0.6 is 0 Å². The third kappa shape index (κ3) is 4.54. The van der Waals surface area contributed by atoms with Crippen molar-refractivity contribution in [2.45, 2.75) is 64.5 Å². The molecule has 0 spiro atoms. The van der Waals surface area contributed by atoms with Gasteiger partial charge < -0.3 is 10.0 Å². The molecule has 1 saturated heterocycles. The molecule has 0 aromatic heterocycles. The van der Waals surface area contributed by atoms with E-state index in [4.69, 9.17) is 5.11 Å². The molecule has 2 unspecified atom stereocenters. The van der Waals surface area contributed by atoms with Gasteiger partial charge in [0.2, 0.25) is 5.91 Å². The average molecular weight is 270 g/mol. The molecule has 1 rings (SSSR count). The summed E-state index contributed by atoms with van der Waals surface area (Å²) < 4.78 is 0. The van der Waals surface area contributed by atoms with Gasteiger partial charge in [-0.15, -0.1) is 0 Å². The number of likely N-dealkylation sites (tertiary alicyclic amines) is 1. The molecule has 6 nitrogen and oxygen atoms in total. The summed E-state index contributed by atoms with van der Waals surface area (Å²) >= 11 is 0. The van der Waals surface area contributed by atoms with Crippen molar-refractivity contribution in [2.24, 2.45) is 0 Å². The van der Waals surface area contributed by atoms with Crippen LogP contribution in [0.15, 0.2) is 0 Å². The molecule has 0 aliphatic carbocycles. The van der Waals surface area contributed by atoms with E-state index in [0.29, 0.717) is 0 Å². The number of carbonyl (C=O) groups excluding carboxylic acids is 2. The molecule has 2 N–H and O–H groups in total. The highest BCUT2D eigenvalue weighted by Crippen LogP contribution is 2.25. The lowest BCUT2D eigenvalue weighted by Crippen LogP contribution is -2.47. The minimum absolute atomic E-state index is 0.0562.